The number of rotatable bonds is 6. The summed E-state index contributed by atoms with van der Waals surface area (Å²) in [7, 11) is 0. The minimum atomic E-state index is -0.232. The highest BCUT2D eigenvalue weighted by Crippen LogP contribution is 2.16. The lowest BCUT2D eigenvalue weighted by Crippen LogP contribution is -2.37. The zero-order valence-electron chi connectivity index (χ0n) is 9.47. The maximum atomic E-state index is 11.9. The molecule has 0 radical (unpaired) electrons. The van der Waals surface area contributed by atoms with Crippen LogP contribution in [0.1, 0.15) is 21.7 Å². The van der Waals surface area contributed by atoms with Crippen LogP contribution in [0.4, 0.5) is 0 Å². The van der Waals surface area contributed by atoms with Crippen molar-refractivity contribution in [3.05, 3.63) is 21.9 Å². The van der Waals surface area contributed by atoms with Crippen LogP contribution in [-0.4, -0.2) is 35.7 Å². The van der Waals surface area contributed by atoms with Gasteiger partial charge in [-0.2, -0.15) is 17.0 Å². The zero-order chi connectivity index (χ0) is 12.7. The predicted molar refractivity (Wildman–Crippen MR) is 70.4 cm³/mol. The molecule has 0 saturated carbocycles. The molecule has 6 heteroatoms. The van der Waals surface area contributed by atoms with Crippen LogP contribution in [-0.2, 0) is 0 Å². The highest BCUT2D eigenvalue weighted by atomic mass is 32.2. The van der Waals surface area contributed by atoms with Gasteiger partial charge in [-0.05, 0) is 24.1 Å². The quantitative estimate of drug-likeness (QED) is 0.821. The Morgan fingerprint density at radius 3 is 3.12 bits per heavy atom. The van der Waals surface area contributed by atoms with Crippen LogP contribution >= 0.6 is 23.1 Å². The van der Waals surface area contributed by atoms with Gasteiger partial charge < -0.3 is 10.4 Å². The number of carbonyl (C=O) groups excluding carboxylic acids is 1. The first-order valence-corrected chi connectivity index (χ1v) is 7.38. The molecule has 0 spiro atoms. The van der Waals surface area contributed by atoms with Crippen LogP contribution in [0.15, 0.2) is 11.4 Å². The topological polar surface area (TPSA) is 73.1 Å². The molecule has 1 atom stereocenters. The Balaban J connectivity index is 2.67. The molecule has 1 rings (SSSR count). The van der Waals surface area contributed by atoms with E-state index in [1.807, 2.05) is 12.3 Å². The molecule has 17 heavy (non-hydrogen) atoms. The van der Waals surface area contributed by atoms with Crippen molar-refractivity contribution in [2.45, 2.75) is 12.5 Å². The molecule has 0 fully saturated rings. The lowest BCUT2D eigenvalue weighted by atomic mass is 10.2. The number of nitrogens with one attached hydrogen (secondary N) is 1. The third-order valence-corrected chi connectivity index (χ3v) is 3.82. The number of thiophene rings is 1. The molecule has 1 aromatic rings. The first-order chi connectivity index (χ1) is 8.22. The summed E-state index contributed by atoms with van der Waals surface area (Å²) < 4.78 is 0. The molecule has 1 unspecified atom stereocenters. The summed E-state index contributed by atoms with van der Waals surface area (Å²) >= 11 is 2.87. The number of carbonyl (C=O) groups is 1. The van der Waals surface area contributed by atoms with E-state index in [1.54, 1.807) is 23.2 Å². The largest absolute Gasteiger partial charge is 0.396 e. The molecule has 1 amide bonds. The van der Waals surface area contributed by atoms with E-state index in [2.05, 4.69) is 5.32 Å². The van der Waals surface area contributed by atoms with E-state index < -0.39 is 0 Å². The smallest absolute Gasteiger partial charge is 0.262 e. The fraction of sp³-hybridized carbons (Fsp3) is 0.455. The van der Waals surface area contributed by atoms with Gasteiger partial charge in [0.1, 0.15) is 10.9 Å². The number of hydrogen-bond donors (Lipinski definition) is 2. The van der Waals surface area contributed by atoms with E-state index in [1.165, 1.54) is 11.3 Å². The van der Waals surface area contributed by atoms with Gasteiger partial charge in [-0.1, -0.05) is 0 Å². The predicted octanol–water partition coefficient (Wildman–Crippen LogP) is 1.46. The van der Waals surface area contributed by atoms with Crippen LogP contribution in [0.3, 0.4) is 0 Å². The van der Waals surface area contributed by atoms with Gasteiger partial charge in [0.2, 0.25) is 0 Å². The average molecular weight is 270 g/mol. The minimum Gasteiger partial charge on any atom is -0.396 e. The Morgan fingerprint density at radius 1 is 1.76 bits per heavy atom. The van der Waals surface area contributed by atoms with Crippen LogP contribution in [0.5, 0.6) is 0 Å². The molecular weight excluding hydrogens is 256 g/mol. The molecule has 92 valence electrons. The van der Waals surface area contributed by atoms with Crippen molar-refractivity contribution in [2.24, 2.45) is 0 Å². The third kappa shape index (κ3) is 4.04. The maximum absolute atomic E-state index is 11.9. The Kier molecular flexibility index (Phi) is 6.05. The normalized spacial score (nSPS) is 11.8. The van der Waals surface area contributed by atoms with Gasteiger partial charge in [-0.25, -0.2) is 0 Å². The number of nitrogens with zero attached hydrogens (tertiary/aromatic N) is 1. The number of thioether (sulfide) groups is 1. The van der Waals surface area contributed by atoms with E-state index >= 15 is 0 Å². The number of aliphatic hydroxyl groups excluding tert-OH is 1. The van der Waals surface area contributed by atoms with Crippen LogP contribution in [0.2, 0.25) is 0 Å². The fourth-order valence-electron chi connectivity index (χ4n) is 1.38. The summed E-state index contributed by atoms with van der Waals surface area (Å²) in [6.07, 6.45) is 2.47. The van der Waals surface area contributed by atoms with Crippen LogP contribution in [0, 0.1) is 11.3 Å². The molecule has 0 aliphatic carbocycles. The van der Waals surface area contributed by atoms with Gasteiger partial charge in [0, 0.05) is 18.4 Å². The molecule has 0 bridgehead atoms. The van der Waals surface area contributed by atoms with Gasteiger partial charge in [0.15, 0.2) is 0 Å². The van der Waals surface area contributed by atoms with Gasteiger partial charge in [-0.15, -0.1) is 11.3 Å². The van der Waals surface area contributed by atoms with Crippen LogP contribution in [0.25, 0.3) is 0 Å². The summed E-state index contributed by atoms with van der Waals surface area (Å²) in [5.74, 6) is 0.517. The molecule has 1 aromatic heterocycles. The molecule has 2 N–H and O–H groups in total. The van der Waals surface area contributed by atoms with Gasteiger partial charge in [0.05, 0.1) is 5.56 Å². The van der Waals surface area contributed by atoms with Crippen molar-refractivity contribution in [3.63, 3.8) is 0 Å². The lowest BCUT2D eigenvalue weighted by molar-refractivity contribution is 0.0939. The van der Waals surface area contributed by atoms with E-state index in [0.29, 0.717) is 16.9 Å². The van der Waals surface area contributed by atoms with Crippen molar-refractivity contribution in [2.75, 3.05) is 18.6 Å². The highest BCUT2D eigenvalue weighted by Gasteiger charge is 2.17. The highest BCUT2D eigenvalue weighted by molar-refractivity contribution is 7.98. The number of aliphatic hydroxyl groups is 1. The Labute approximate surface area is 109 Å². The van der Waals surface area contributed by atoms with Crippen molar-refractivity contribution in [1.82, 2.24) is 5.32 Å². The van der Waals surface area contributed by atoms with E-state index in [9.17, 15) is 4.79 Å². The van der Waals surface area contributed by atoms with E-state index in [0.717, 1.165) is 5.75 Å². The second kappa shape index (κ2) is 7.33. The summed E-state index contributed by atoms with van der Waals surface area (Å²) in [5.41, 5.74) is 0.402. The number of hydrogen-bond acceptors (Lipinski definition) is 5. The fourth-order valence-corrected chi connectivity index (χ4v) is 2.78. The molecule has 4 nitrogen and oxygen atoms in total. The molecule has 0 saturated heterocycles. The molecule has 0 aliphatic heterocycles. The summed E-state index contributed by atoms with van der Waals surface area (Å²) in [4.78, 5) is 12.3. The van der Waals surface area contributed by atoms with E-state index in [4.69, 9.17) is 10.4 Å². The van der Waals surface area contributed by atoms with Crippen molar-refractivity contribution >= 4 is 29.0 Å². The maximum Gasteiger partial charge on any atom is 0.262 e. The zero-order valence-corrected chi connectivity index (χ0v) is 11.1. The monoisotopic (exact) mass is 270 g/mol. The second-order valence-corrected chi connectivity index (χ2v) is 5.24. The second-order valence-electron chi connectivity index (χ2n) is 3.41. The molecule has 0 aliphatic rings. The molecule has 0 aromatic carbocycles. The third-order valence-electron chi connectivity index (χ3n) is 2.17. The first kappa shape index (κ1) is 14.0. The Bertz CT molecular complexity index is 406. The van der Waals surface area contributed by atoms with Gasteiger partial charge in [0.25, 0.3) is 5.91 Å². The summed E-state index contributed by atoms with van der Waals surface area (Å²) in [6, 6.07) is 3.56. The minimum absolute atomic E-state index is 0.0427. The summed E-state index contributed by atoms with van der Waals surface area (Å²) in [5, 5.41) is 22.3. The summed E-state index contributed by atoms with van der Waals surface area (Å²) in [6.45, 7) is 0.0427. The van der Waals surface area contributed by atoms with Gasteiger partial charge >= 0.3 is 0 Å². The Morgan fingerprint density at radius 2 is 2.53 bits per heavy atom. The number of nitriles is 1. The average Bonchev–Trinajstić information content (AvgIpc) is 2.77. The van der Waals surface area contributed by atoms with Gasteiger partial charge in [-0.3, -0.25) is 4.79 Å². The standard InChI is InChI=1S/C11H14N2O2S2/c1-16-7-9(2-4-14)13-11(15)10-8(6-12)3-5-17-10/h3,5,9,14H,2,4,7H2,1H3,(H,13,15). The SMILES string of the molecule is CSCC(CCO)NC(=O)c1sccc1C#N. The van der Waals surface area contributed by atoms with Crippen LogP contribution < -0.4 is 5.32 Å². The van der Waals surface area contributed by atoms with Crippen molar-refractivity contribution in [3.8, 4) is 6.07 Å². The first-order valence-electron chi connectivity index (χ1n) is 5.11. The van der Waals surface area contributed by atoms with E-state index in [-0.39, 0.29) is 18.6 Å². The molecule has 1 heterocycles. The Hall–Kier alpha value is -1.03. The molecular formula is C11H14N2O2S2. The van der Waals surface area contributed by atoms with Crippen molar-refractivity contribution < 1.29 is 9.90 Å². The number of amides is 1. The lowest BCUT2D eigenvalue weighted by Gasteiger charge is -2.16. The van der Waals surface area contributed by atoms with Crippen molar-refractivity contribution in [1.29, 1.82) is 5.26 Å².